The Morgan fingerprint density at radius 3 is 2.45 bits per heavy atom. The predicted molar refractivity (Wildman–Crippen MR) is 116 cm³/mol. The SMILES string of the molecule is Cc1ccc(S(=O)(=O)N2C(CCCCn3cncn3)CCC2c2ccc(F)cc2)cc1. The van der Waals surface area contributed by atoms with Crippen molar-refractivity contribution in [2.24, 2.45) is 0 Å². The van der Waals surface area contributed by atoms with Crippen LogP contribution < -0.4 is 0 Å². The number of benzene rings is 2. The maximum absolute atomic E-state index is 13.7. The summed E-state index contributed by atoms with van der Waals surface area (Å²) in [7, 11) is -3.68. The van der Waals surface area contributed by atoms with Crippen molar-refractivity contribution in [3.8, 4) is 0 Å². The largest absolute Gasteiger partial charge is 0.253 e. The smallest absolute Gasteiger partial charge is 0.243 e. The maximum atomic E-state index is 13.7. The molecule has 2 heterocycles. The zero-order valence-electron chi connectivity index (χ0n) is 17.6. The van der Waals surface area contributed by atoms with Crippen LogP contribution in [0.4, 0.5) is 4.39 Å². The maximum Gasteiger partial charge on any atom is 0.243 e. The molecule has 8 heteroatoms. The second-order valence-corrected chi connectivity index (χ2v) is 9.94. The van der Waals surface area contributed by atoms with Gasteiger partial charge in [0.25, 0.3) is 0 Å². The lowest BCUT2D eigenvalue weighted by molar-refractivity contribution is 0.305. The van der Waals surface area contributed by atoms with E-state index in [-0.39, 0.29) is 17.9 Å². The third kappa shape index (κ3) is 4.85. The summed E-state index contributed by atoms with van der Waals surface area (Å²) >= 11 is 0. The summed E-state index contributed by atoms with van der Waals surface area (Å²) in [5.74, 6) is -0.320. The van der Waals surface area contributed by atoms with Crippen LogP contribution in [0.5, 0.6) is 0 Å². The van der Waals surface area contributed by atoms with E-state index < -0.39 is 10.0 Å². The van der Waals surface area contributed by atoms with Crippen LogP contribution in [0.3, 0.4) is 0 Å². The topological polar surface area (TPSA) is 68.1 Å². The number of halogens is 1. The number of hydrogen-bond acceptors (Lipinski definition) is 4. The highest BCUT2D eigenvalue weighted by Crippen LogP contribution is 2.42. The van der Waals surface area contributed by atoms with Gasteiger partial charge < -0.3 is 0 Å². The molecule has 0 bridgehead atoms. The first-order valence-electron chi connectivity index (χ1n) is 10.6. The Kier molecular flexibility index (Phi) is 6.48. The minimum Gasteiger partial charge on any atom is -0.253 e. The first kappa shape index (κ1) is 21.6. The molecule has 4 rings (SSSR count). The van der Waals surface area contributed by atoms with E-state index in [4.69, 9.17) is 0 Å². The second-order valence-electron chi connectivity index (χ2n) is 8.10. The fraction of sp³-hybridized carbons (Fsp3) is 0.391. The first-order valence-corrected chi connectivity index (χ1v) is 12.1. The second kappa shape index (κ2) is 9.28. The molecule has 0 aliphatic carbocycles. The predicted octanol–water partition coefficient (Wildman–Crippen LogP) is 4.49. The van der Waals surface area contributed by atoms with Crippen molar-refractivity contribution in [2.75, 3.05) is 0 Å². The summed E-state index contributed by atoms with van der Waals surface area (Å²) in [6, 6.07) is 12.8. The molecular formula is C23H27FN4O2S. The molecule has 6 nitrogen and oxygen atoms in total. The monoisotopic (exact) mass is 442 g/mol. The molecule has 0 saturated carbocycles. The lowest BCUT2D eigenvalue weighted by atomic mass is 10.0. The minimum absolute atomic E-state index is 0.0860. The summed E-state index contributed by atoms with van der Waals surface area (Å²) in [5.41, 5.74) is 1.85. The highest BCUT2D eigenvalue weighted by molar-refractivity contribution is 7.89. The van der Waals surface area contributed by atoms with E-state index in [0.29, 0.717) is 4.90 Å². The zero-order chi connectivity index (χ0) is 21.8. The summed E-state index contributed by atoms with van der Waals surface area (Å²) in [4.78, 5) is 4.26. The summed E-state index contributed by atoms with van der Waals surface area (Å²) in [5, 5.41) is 4.11. The average Bonchev–Trinajstić information content (AvgIpc) is 3.42. The van der Waals surface area contributed by atoms with Gasteiger partial charge in [-0.15, -0.1) is 0 Å². The molecule has 1 fully saturated rings. The number of hydrogen-bond donors (Lipinski definition) is 0. The van der Waals surface area contributed by atoms with Gasteiger partial charge in [-0.25, -0.2) is 17.8 Å². The molecule has 1 aromatic heterocycles. The van der Waals surface area contributed by atoms with Gasteiger partial charge in [0.15, 0.2) is 0 Å². The molecule has 2 unspecified atom stereocenters. The Labute approximate surface area is 182 Å². The van der Waals surface area contributed by atoms with Crippen LogP contribution in [-0.4, -0.2) is 33.5 Å². The molecule has 164 valence electrons. The van der Waals surface area contributed by atoms with Gasteiger partial charge in [-0.3, -0.25) is 4.68 Å². The highest BCUT2D eigenvalue weighted by Gasteiger charge is 2.42. The minimum atomic E-state index is -3.68. The quantitative estimate of drug-likeness (QED) is 0.482. The van der Waals surface area contributed by atoms with Gasteiger partial charge in [-0.2, -0.15) is 9.40 Å². The van der Waals surface area contributed by atoms with E-state index in [1.807, 2.05) is 19.1 Å². The lowest BCUT2D eigenvalue weighted by Gasteiger charge is -2.30. The van der Waals surface area contributed by atoms with E-state index in [0.717, 1.165) is 49.8 Å². The molecule has 31 heavy (non-hydrogen) atoms. The Morgan fingerprint density at radius 1 is 1.03 bits per heavy atom. The van der Waals surface area contributed by atoms with E-state index in [1.165, 1.54) is 18.5 Å². The van der Waals surface area contributed by atoms with Crippen LogP contribution in [0.15, 0.2) is 66.1 Å². The van der Waals surface area contributed by atoms with Crippen LogP contribution >= 0.6 is 0 Å². The number of nitrogens with zero attached hydrogens (tertiary/aromatic N) is 4. The normalized spacial score (nSPS) is 19.7. The van der Waals surface area contributed by atoms with Crippen LogP contribution in [0.2, 0.25) is 0 Å². The molecule has 0 radical (unpaired) electrons. The van der Waals surface area contributed by atoms with Gasteiger partial charge in [0.2, 0.25) is 10.0 Å². The van der Waals surface area contributed by atoms with Gasteiger partial charge in [0.05, 0.1) is 10.9 Å². The van der Waals surface area contributed by atoms with Crippen LogP contribution in [0, 0.1) is 12.7 Å². The molecular weight excluding hydrogens is 415 g/mol. The van der Waals surface area contributed by atoms with Crippen molar-refractivity contribution >= 4 is 10.0 Å². The number of sulfonamides is 1. The molecule has 0 amide bonds. The third-order valence-corrected chi connectivity index (χ3v) is 7.91. The molecule has 1 aliphatic heterocycles. The Bertz CT molecular complexity index is 1080. The van der Waals surface area contributed by atoms with Crippen molar-refractivity contribution in [2.45, 2.75) is 62.6 Å². The van der Waals surface area contributed by atoms with E-state index in [1.54, 1.807) is 39.6 Å². The molecule has 2 atom stereocenters. The van der Waals surface area contributed by atoms with Crippen molar-refractivity contribution in [1.29, 1.82) is 0 Å². The van der Waals surface area contributed by atoms with Gasteiger partial charge in [-0.05, 0) is 62.4 Å². The van der Waals surface area contributed by atoms with Gasteiger partial charge >= 0.3 is 0 Å². The molecule has 1 saturated heterocycles. The Morgan fingerprint density at radius 2 is 1.77 bits per heavy atom. The number of aromatic nitrogens is 3. The van der Waals surface area contributed by atoms with E-state index in [2.05, 4.69) is 10.1 Å². The van der Waals surface area contributed by atoms with Crippen molar-refractivity contribution in [3.05, 3.63) is 78.1 Å². The van der Waals surface area contributed by atoms with Crippen molar-refractivity contribution < 1.29 is 12.8 Å². The lowest BCUT2D eigenvalue weighted by Crippen LogP contribution is -2.37. The molecule has 2 aromatic carbocycles. The van der Waals surface area contributed by atoms with Crippen molar-refractivity contribution in [3.63, 3.8) is 0 Å². The highest BCUT2D eigenvalue weighted by atomic mass is 32.2. The van der Waals surface area contributed by atoms with Crippen molar-refractivity contribution in [1.82, 2.24) is 19.1 Å². The van der Waals surface area contributed by atoms with Crippen LogP contribution in [0.25, 0.3) is 0 Å². The molecule has 0 spiro atoms. The average molecular weight is 443 g/mol. The third-order valence-electron chi connectivity index (χ3n) is 5.93. The van der Waals surface area contributed by atoms with Crippen LogP contribution in [0.1, 0.15) is 49.3 Å². The van der Waals surface area contributed by atoms with E-state index >= 15 is 0 Å². The van der Waals surface area contributed by atoms with Gasteiger partial charge in [-0.1, -0.05) is 36.2 Å². The number of aryl methyl sites for hydroxylation is 2. The fourth-order valence-electron chi connectivity index (χ4n) is 4.33. The fourth-order valence-corrected chi connectivity index (χ4v) is 6.22. The Hall–Kier alpha value is -2.58. The van der Waals surface area contributed by atoms with Crippen LogP contribution in [-0.2, 0) is 16.6 Å². The molecule has 0 N–H and O–H groups in total. The summed E-state index contributed by atoms with van der Waals surface area (Å²) in [6.07, 6.45) is 7.28. The van der Waals surface area contributed by atoms with Gasteiger partial charge in [0, 0.05) is 12.6 Å². The zero-order valence-corrected chi connectivity index (χ0v) is 18.4. The van der Waals surface area contributed by atoms with Gasteiger partial charge in [0.1, 0.15) is 18.5 Å². The first-order chi connectivity index (χ1) is 14.9. The van der Waals surface area contributed by atoms with E-state index in [9.17, 15) is 12.8 Å². The number of rotatable bonds is 8. The number of unbranched alkanes of at least 4 members (excludes halogenated alkanes) is 1. The Balaban J connectivity index is 1.56. The standard InChI is InChI=1S/C23H27FN4O2S/c1-18-5-12-22(13-6-18)31(29,30)28-21(4-2-3-15-27-17-25-16-26-27)11-14-23(28)19-7-9-20(24)10-8-19/h5-10,12-13,16-17,21,23H,2-4,11,14-15H2,1H3. The molecule has 1 aliphatic rings. The summed E-state index contributed by atoms with van der Waals surface area (Å²) in [6.45, 7) is 2.70. The molecule has 3 aromatic rings. The summed E-state index contributed by atoms with van der Waals surface area (Å²) < 4.78 is 44.2.